The van der Waals surface area contributed by atoms with Crippen LogP contribution in [0.25, 0.3) is 0 Å². The van der Waals surface area contributed by atoms with Crippen molar-refractivity contribution in [3.63, 3.8) is 0 Å². The quantitative estimate of drug-likeness (QED) is 0.622. The number of ether oxygens (including phenoxy) is 1. The van der Waals surface area contributed by atoms with Gasteiger partial charge in [-0.15, -0.1) is 12.4 Å². The number of carbonyl (C=O) groups excluding carboxylic acids is 2. The van der Waals surface area contributed by atoms with Crippen molar-refractivity contribution < 1.29 is 18.7 Å². The zero-order valence-electron chi connectivity index (χ0n) is 15.0. The largest absolute Gasteiger partial charge is 0.384 e. The molecule has 0 aromatic heterocycles. The van der Waals surface area contributed by atoms with E-state index in [0.29, 0.717) is 18.7 Å². The Balaban J connectivity index is 0.00000338. The molecule has 146 valence electrons. The lowest BCUT2D eigenvalue weighted by Crippen LogP contribution is -2.48. The summed E-state index contributed by atoms with van der Waals surface area (Å²) in [6, 6.07) is 5.87. The lowest BCUT2D eigenvalue weighted by molar-refractivity contribution is -0.126. The molecule has 1 saturated heterocycles. The molecule has 0 unspecified atom stereocenters. The Morgan fingerprint density at radius 2 is 1.96 bits per heavy atom. The van der Waals surface area contributed by atoms with Gasteiger partial charge in [-0.05, 0) is 43.6 Å². The fraction of sp³-hybridized carbons (Fsp3) is 0.556. The molecular formula is C18H27ClFN3O3. The van der Waals surface area contributed by atoms with E-state index in [-0.39, 0.29) is 48.4 Å². The predicted octanol–water partition coefficient (Wildman–Crippen LogP) is 1.04. The Morgan fingerprint density at radius 1 is 1.23 bits per heavy atom. The first-order chi connectivity index (χ1) is 12.0. The molecule has 2 rings (SSSR count). The third-order valence-corrected chi connectivity index (χ3v) is 4.48. The predicted molar refractivity (Wildman–Crippen MR) is 99.8 cm³/mol. The van der Waals surface area contributed by atoms with E-state index in [2.05, 4.69) is 16.0 Å². The van der Waals surface area contributed by atoms with Crippen molar-refractivity contribution in [2.75, 3.05) is 39.9 Å². The Hall–Kier alpha value is -1.70. The number of nitrogens with one attached hydrogen (secondary N) is 3. The molecule has 8 heteroatoms. The van der Waals surface area contributed by atoms with Gasteiger partial charge in [0.15, 0.2) is 0 Å². The summed E-state index contributed by atoms with van der Waals surface area (Å²) in [4.78, 5) is 23.9. The maximum Gasteiger partial charge on any atom is 0.239 e. The summed E-state index contributed by atoms with van der Waals surface area (Å²) in [5.74, 6) is -0.927. The third-order valence-electron chi connectivity index (χ3n) is 4.48. The number of halogens is 2. The molecule has 3 N–H and O–H groups in total. The van der Waals surface area contributed by atoms with Crippen LogP contribution in [0, 0.1) is 11.2 Å². The lowest BCUT2D eigenvalue weighted by atomic mass is 9.79. The maximum absolute atomic E-state index is 13.1. The minimum absolute atomic E-state index is 0. The number of amides is 2. The Morgan fingerprint density at radius 3 is 2.62 bits per heavy atom. The van der Waals surface area contributed by atoms with Gasteiger partial charge < -0.3 is 20.7 Å². The van der Waals surface area contributed by atoms with Crippen molar-refractivity contribution in [3.05, 3.63) is 35.6 Å². The molecule has 0 aliphatic carbocycles. The van der Waals surface area contributed by atoms with E-state index in [1.807, 2.05) is 0 Å². The standard InChI is InChI=1S/C18H26FN3O3.ClH/c1-25-13-18(5-7-20-8-6-18)12-22-17(24)11-21-16(23)10-14-3-2-4-15(19)9-14;/h2-4,9,20H,5-8,10-13H2,1H3,(H,21,23)(H,22,24);1H. The van der Waals surface area contributed by atoms with E-state index in [1.165, 1.54) is 12.1 Å². The maximum atomic E-state index is 13.1. The van der Waals surface area contributed by atoms with Crippen molar-refractivity contribution in [3.8, 4) is 0 Å². The van der Waals surface area contributed by atoms with Crippen molar-refractivity contribution in [1.29, 1.82) is 0 Å². The highest BCUT2D eigenvalue weighted by molar-refractivity contribution is 5.86. The lowest BCUT2D eigenvalue weighted by Gasteiger charge is -2.37. The number of piperidine rings is 1. The zero-order valence-corrected chi connectivity index (χ0v) is 15.8. The molecule has 0 saturated carbocycles. The highest BCUT2D eigenvalue weighted by Gasteiger charge is 2.32. The number of hydrogen-bond acceptors (Lipinski definition) is 4. The van der Waals surface area contributed by atoms with Gasteiger partial charge in [-0.2, -0.15) is 0 Å². The highest BCUT2D eigenvalue weighted by atomic mass is 35.5. The SMILES string of the molecule is COCC1(CNC(=O)CNC(=O)Cc2cccc(F)c2)CCNCC1.Cl. The summed E-state index contributed by atoms with van der Waals surface area (Å²) < 4.78 is 18.4. The number of rotatable bonds is 8. The van der Waals surface area contributed by atoms with E-state index >= 15 is 0 Å². The van der Waals surface area contributed by atoms with Crippen LogP contribution in [0.3, 0.4) is 0 Å². The molecule has 0 spiro atoms. The second-order valence-corrected chi connectivity index (χ2v) is 6.54. The summed E-state index contributed by atoms with van der Waals surface area (Å²) >= 11 is 0. The van der Waals surface area contributed by atoms with Crippen molar-refractivity contribution in [1.82, 2.24) is 16.0 Å². The summed E-state index contributed by atoms with van der Waals surface area (Å²) in [6.07, 6.45) is 1.92. The molecule has 1 aliphatic rings. The molecule has 6 nitrogen and oxygen atoms in total. The molecule has 1 aromatic rings. The van der Waals surface area contributed by atoms with E-state index in [0.717, 1.165) is 25.9 Å². The Kier molecular flexibility index (Phi) is 9.54. The molecule has 2 amide bonds. The highest BCUT2D eigenvalue weighted by Crippen LogP contribution is 2.28. The average molecular weight is 388 g/mol. The third kappa shape index (κ3) is 7.27. The zero-order chi connectivity index (χ0) is 18.1. The van der Waals surface area contributed by atoms with Crippen LogP contribution in [0.1, 0.15) is 18.4 Å². The van der Waals surface area contributed by atoms with Crippen LogP contribution in [0.2, 0.25) is 0 Å². The summed E-state index contributed by atoms with van der Waals surface area (Å²) in [5, 5.41) is 8.75. The number of carbonyl (C=O) groups is 2. The van der Waals surface area contributed by atoms with E-state index < -0.39 is 0 Å². The van der Waals surface area contributed by atoms with Gasteiger partial charge in [0, 0.05) is 19.1 Å². The number of benzene rings is 1. The van der Waals surface area contributed by atoms with Crippen LogP contribution >= 0.6 is 12.4 Å². The molecule has 1 aliphatic heterocycles. The molecular weight excluding hydrogens is 361 g/mol. The first-order valence-electron chi connectivity index (χ1n) is 8.50. The van der Waals surface area contributed by atoms with Crippen molar-refractivity contribution in [2.24, 2.45) is 5.41 Å². The van der Waals surface area contributed by atoms with E-state index in [1.54, 1.807) is 19.2 Å². The minimum atomic E-state index is -0.381. The van der Waals surface area contributed by atoms with Crippen LogP contribution in [0.15, 0.2) is 24.3 Å². The molecule has 0 atom stereocenters. The van der Waals surface area contributed by atoms with Crippen molar-refractivity contribution >= 4 is 24.2 Å². The molecule has 1 heterocycles. The fourth-order valence-corrected chi connectivity index (χ4v) is 3.06. The van der Waals surface area contributed by atoms with Crippen LogP contribution in [0.4, 0.5) is 4.39 Å². The molecule has 1 aromatic carbocycles. The smallest absolute Gasteiger partial charge is 0.239 e. The van der Waals surface area contributed by atoms with Gasteiger partial charge in [0.1, 0.15) is 5.82 Å². The Labute approximate surface area is 159 Å². The first-order valence-corrected chi connectivity index (χ1v) is 8.50. The van der Waals surface area contributed by atoms with Gasteiger partial charge in [-0.25, -0.2) is 4.39 Å². The van der Waals surface area contributed by atoms with Gasteiger partial charge in [0.05, 0.1) is 19.6 Å². The number of methoxy groups -OCH3 is 1. The van der Waals surface area contributed by atoms with Gasteiger partial charge in [-0.1, -0.05) is 12.1 Å². The minimum Gasteiger partial charge on any atom is -0.384 e. The van der Waals surface area contributed by atoms with Gasteiger partial charge in [-0.3, -0.25) is 9.59 Å². The Bertz CT molecular complexity index is 589. The first kappa shape index (κ1) is 22.3. The summed E-state index contributed by atoms with van der Waals surface area (Å²) in [7, 11) is 1.66. The van der Waals surface area contributed by atoms with Crippen LogP contribution in [0.5, 0.6) is 0 Å². The van der Waals surface area contributed by atoms with Gasteiger partial charge in [0.25, 0.3) is 0 Å². The van der Waals surface area contributed by atoms with Crippen LogP contribution in [-0.4, -0.2) is 51.7 Å². The second kappa shape index (κ2) is 11.1. The summed E-state index contributed by atoms with van der Waals surface area (Å²) in [5.41, 5.74) is 0.521. The summed E-state index contributed by atoms with van der Waals surface area (Å²) in [6.45, 7) is 2.85. The van der Waals surface area contributed by atoms with Crippen molar-refractivity contribution in [2.45, 2.75) is 19.3 Å². The number of hydrogen-bond donors (Lipinski definition) is 3. The van der Waals surface area contributed by atoms with Crippen LogP contribution < -0.4 is 16.0 Å². The molecule has 0 radical (unpaired) electrons. The van der Waals surface area contributed by atoms with Gasteiger partial charge >= 0.3 is 0 Å². The van der Waals surface area contributed by atoms with Crippen LogP contribution in [-0.2, 0) is 20.7 Å². The van der Waals surface area contributed by atoms with E-state index in [9.17, 15) is 14.0 Å². The second-order valence-electron chi connectivity index (χ2n) is 6.54. The molecule has 1 fully saturated rings. The topological polar surface area (TPSA) is 79.5 Å². The van der Waals surface area contributed by atoms with E-state index in [4.69, 9.17) is 4.74 Å². The molecule has 26 heavy (non-hydrogen) atoms. The van der Waals surface area contributed by atoms with Gasteiger partial charge in [0.2, 0.25) is 11.8 Å². The monoisotopic (exact) mass is 387 g/mol. The normalized spacial score (nSPS) is 15.6. The average Bonchev–Trinajstić information content (AvgIpc) is 2.59. The molecule has 0 bridgehead atoms. The fourth-order valence-electron chi connectivity index (χ4n) is 3.06.